The first-order valence-electron chi connectivity index (χ1n) is 11.2. The average molecular weight is 486 g/mol. The molecule has 3 heterocycles. The SMILES string of the molecule is O=C(NCC1CCN(S(=O)(=O)c2cccnc2)CC1)C(=O)Nc1cccc(N2CCCC2=O)c1. The molecule has 2 aromatic rings. The van der Waals surface area contributed by atoms with E-state index >= 15 is 0 Å². The third-order valence-corrected chi connectivity index (χ3v) is 7.97. The van der Waals surface area contributed by atoms with Gasteiger partial charge in [0, 0.05) is 56.4 Å². The van der Waals surface area contributed by atoms with Crippen LogP contribution in [0, 0.1) is 5.92 Å². The van der Waals surface area contributed by atoms with Crippen molar-refractivity contribution in [3.05, 3.63) is 48.8 Å². The Balaban J connectivity index is 1.25. The van der Waals surface area contributed by atoms with Crippen molar-refractivity contribution in [3.8, 4) is 0 Å². The van der Waals surface area contributed by atoms with Crippen LogP contribution in [0.25, 0.3) is 0 Å². The van der Waals surface area contributed by atoms with Gasteiger partial charge >= 0.3 is 11.8 Å². The number of nitrogens with zero attached hydrogens (tertiary/aromatic N) is 3. The lowest BCUT2D eigenvalue weighted by Crippen LogP contribution is -2.43. The number of pyridine rings is 1. The second-order valence-corrected chi connectivity index (χ2v) is 10.3. The summed E-state index contributed by atoms with van der Waals surface area (Å²) in [6.45, 7) is 1.60. The van der Waals surface area contributed by atoms with E-state index in [1.54, 1.807) is 35.2 Å². The number of benzene rings is 1. The van der Waals surface area contributed by atoms with Crippen LogP contribution in [0.1, 0.15) is 25.7 Å². The monoisotopic (exact) mass is 485 g/mol. The fourth-order valence-corrected chi connectivity index (χ4v) is 5.61. The summed E-state index contributed by atoms with van der Waals surface area (Å²) in [5.74, 6) is -1.43. The highest BCUT2D eigenvalue weighted by Gasteiger charge is 2.30. The molecule has 2 fully saturated rings. The molecule has 0 spiro atoms. The molecule has 2 saturated heterocycles. The Hall–Kier alpha value is -3.31. The van der Waals surface area contributed by atoms with Gasteiger partial charge in [0.2, 0.25) is 15.9 Å². The van der Waals surface area contributed by atoms with Crippen molar-refractivity contribution in [2.45, 2.75) is 30.6 Å². The van der Waals surface area contributed by atoms with E-state index in [0.29, 0.717) is 50.3 Å². The van der Waals surface area contributed by atoms with Gasteiger partial charge in [0.25, 0.3) is 0 Å². The molecule has 1 aromatic carbocycles. The summed E-state index contributed by atoms with van der Waals surface area (Å²) >= 11 is 0. The Bertz CT molecular complexity index is 1160. The van der Waals surface area contributed by atoms with E-state index in [0.717, 1.165) is 6.42 Å². The molecule has 4 rings (SSSR count). The highest BCUT2D eigenvalue weighted by atomic mass is 32.2. The first-order chi connectivity index (χ1) is 16.3. The predicted octanol–water partition coefficient (Wildman–Crippen LogP) is 1.36. The van der Waals surface area contributed by atoms with Crippen molar-refractivity contribution in [1.29, 1.82) is 0 Å². The minimum absolute atomic E-state index is 0.0421. The summed E-state index contributed by atoms with van der Waals surface area (Å²) in [6, 6.07) is 9.95. The number of piperidine rings is 1. The number of rotatable bonds is 6. The number of aromatic nitrogens is 1. The molecule has 0 atom stereocenters. The highest BCUT2D eigenvalue weighted by molar-refractivity contribution is 7.89. The van der Waals surface area contributed by atoms with Gasteiger partial charge in [0.05, 0.1) is 0 Å². The molecule has 0 aliphatic carbocycles. The molecule has 0 bridgehead atoms. The molecule has 2 N–H and O–H groups in total. The Morgan fingerprint density at radius 3 is 2.53 bits per heavy atom. The second kappa shape index (κ2) is 10.3. The molecule has 11 heteroatoms. The van der Waals surface area contributed by atoms with E-state index in [1.807, 2.05) is 0 Å². The topological polar surface area (TPSA) is 129 Å². The number of hydrogen-bond donors (Lipinski definition) is 2. The van der Waals surface area contributed by atoms with E-state index in [4.69, 9.17) is 0 Å². The predicted molar refractivity (Wildman–Crippen MR) is 125 cm³/mol. The Morgan fingerprint density at radius 2 is 1.85 bits per heavy atom. The maximum atomic E-state index is 12.7. The van der Waals surface area contributed by atoms with Gasteiger partial charge in [-0.25, -0.2) is 8.42 Å². The van der Waals surface area contributed by atoms with Crippen molar-refractivity contribution in [3.63, 3.8) is 0 Å². The Labute approximate surface area is 198 Å². The minimum Gasteiger partial charge on any atom is -0.348 e. The summed E-state index contributed by atoms with van der Waals surface area (Å²) in [7, 11) is -3.58. The van der Waals surface area contributed by atoms with Gasteiger partial charge < -0.3 is 15.5 Å². The van der Waals surface area contributed by atoms with Crippen molar-refractivity contribution in [1.82, 2.24) is 14.6 Å². The fraction of sp³-hybridized carbons (Fsp3) is 0.391. The summed E-state index contributed by atoms with van der Waals surface area (Å²) < 4.78 is 26.8. The Morgan fingerprint density at radius 1 is 1.06 bits per heavy atom. The first-order valence-corrected chi connectivity index (χ1v) is 12.7. The van der Waals surface area contributed by atoms with Crippen LogP contribution in [0.15, 0.2) is 53.7 Å². The summed E-state index contributed by atoms with van der Waals surface area (Å²) in [6.07, 6.45) is 5.31. The number of amides is 3. The molecule has 1 aromatic heterocycles. The summed E-state index contributed by atoms with van der Waals surface area (Å²) in [5, 5.41) is 5.21. The lowest BCUT2D eigenvalue weighted by atomic mass is 9.98. The minimum atomic E-state index is -3.58. The zero-order valence-electron chi connectivity index (χ0n) is 18.6. The van der Waals surface area contributed by atoms with Crippen LogP contribution in [0.5, 0.6) is 0 Å². The van der Waals surface area contributed by atoms with E-state index in [1.165, 1.54) is 22.8 Å². The van der Waals surface area contributed by atoms with Crippen molar-refractivity contribution in [2.75, 3.05) is 36.4 Å². The van der Waals surface area contributed by atoms with Crippen molar-refractivity contribution in [2.24, 2.45) is 5.92 Å². The third-order valence-electron chi connectivity index (χ3n) is 6.09. The van der Waals surface area contributed by atoms with Crippen LogP contribution in [-0.4, -0.2) is 61.6 Å². The molecule has 2 aliphatic rings. The third kappa shape index (κ3) is 5.42. The zero-order valence-corrected chi connectivity index (χ0v) is 19.5. The molecule has 34 heavy (non-hydrogen) atoms. The van der Waals surface area contributed by atoms with Gasteiger partial charge in [0.15, 0.2) is 0 Å². The van der Waals surface area contributed by atoms with Gasteiger partial charge in [0.1, 0.15) is 4.90 Å². The molecule has 3 amide bonds. The lowest BCUT2D eigenvalue weighted by molar-refractivity contribution is -0.136. The number of carbonyl (C=O) groups excluding carboxylic acids is 3. The van der Waals surface area contributed by atoms with E-state index in [9.17, 15) is 22.8 Å². The standard InChI is InChI=1S/C23H27N5O5S/c29-21-7-3-11-28(21)19-5-1-4-18(14-19)26-23(31)22(30)25-15-17-8-12-27(13-9-17)34(32,33)20-6-2-10-24-16-20/h1-2,4-6,10,14,16-17H,3,7-9,11-13,15H2,(H,25,30)(H,26,31). The van der Waals surface area contributed by atoms with E-state index < -0.39 is 21.8 Å². The molecule has 2 aliphatic heterocycles. The van der Waals surface area contributed by atoms with Crippen molar-refractivity contribution >= 4 is 39.1 Å². The smallest absolute Gasteiger partial charge is 0.313 e. The lowest BCUT2D eigenvalue weighted by Gasteiger charge is -2.31. The largest absolute Gasteiger partial charge is 0.348 e. The van der Waals surface area contributed by atoms with E-state index in [2.05, 4.69) is 15.6 Å². The number of sulfonamides is 1. The summed E-state index contributed by atoms with van der Waals surface area (Å²) in [4.78, 5) is 42.3. The number of nitrogens with one attached hydrogen (secondary N) is 2. The normalized spacial score (nSPS) is 17.5. The molecular weight excluding hydrogens is 458 g/mol. The quantitative estimate of drug-likeness (QED) is 0.595. The zero-order chi connectivity index (χ0) is 24.1. The Kier molecular flexibility index (Phi) is 7.23. The van der Waals surface area contributed by atoms with Crippen LogP contribution < -0.4 is 15.5 Å². The van der Waals surface area contributed by atoms with Gasteiger partial charge in [-0.3, -0.25) is 19.4 Å². The van der Waals surface area contributed by atoms with Crippen LogP contribution in [0.4, 0.5) is 11.4 Å². The summed E-state index contributed by atoms with van der Waals surface area (Å²) in [5.41, 5.74) is 1.12. The first kappa shape index (κ1) is 23.8. The van der Waals surface area contributed by atoms with Crippen LogP contribution in [0.3, 0.4) is 0 Å². The molecule has 180 valence electrons. The van der Waals surface area contributed by atoms with Gasteiger partial charge in [-0.05, 0) is 55.5 Å². The second-order valence-electron chi connectivity index (χ2n) is 8.40. The van der Waals surface area contributed by atoms with Gasteiger partial charge in [-0.2, -0.15) is 4.31 Å². The van der Waals surface area contributed by atoms with Crippen LogP contribution in [0.2, 0.25) is 0 Å². The van der Waals surface area contributed by atoms with E-state index in [-0.39, 0.29) is 23.3 Å². The maximum absolute atomic E-state index is 12.7. The van der Waals surface area contributed by atoms with Gasteiger partial charge in [-0.1, -0.05) is 6.07 Å². The molecule has 10 nitrogen and oxygen atoms in total. The molecule has 0 radical (unpaired) electrons. The fourth-order valence-electron chi connectivity index (χ4n) is 4.18. The van der Waals surface area contributed by atoms with Gasteiger partial charge in [-0.15, -0.1) is 0 Å². The number of anilines is 2. The highest BCUT2D eigenvalue weighted by Crippen LogP contribution is 2.25. The molecule has 0 unspecified atom stereocenters. The van der Waals surface area contributed by atoms with Crippen molar-refractivity contribution < 1.29 is 22.8 Å². The molecule has 0 saturated carbocycles. The average Bonchev–Trinajstić information content (AvgIpc) is 3.29. The van der Waals surface area contributed by atoms with Crippen LogP contribution >= 0.6 is 0 Å². The maximum Gasteiger partial charge on any atom is 0.313 e. The number of carbonyl (C=O) groups is 3. The molecular formula is C23H27N5O5S. The van der Waals surface area contributed by atoms with Crippen LogP contribution in [-0.2, 0) is 24.4 Å². The number of hydrogen-bond acceptors (Lipinski definition) is 6.